The second-order valence-electron chi connectivity index (χ2n) is 10.9. The molecule has 0 aromatic rings. The largest absolute Gasteiger partial charge is 0.464 e. The molecule has 5 nitrogen and oxygen atoms in total. The molecule has 176 valence electrons. The van der Waals surface area contributed by atoms with Gasteiger partial charge in [0, 0.05) is 32.7 Å². The third kappa shape index (κ3) is 13.3. The van der Waals surface area contributed by atoms with E-state index in [0.29, 0.717) is 6.61 Å². The number of ether oxygens (including phenoxy) is 1. The van der Waals surface area contributed by atoms with Gasteiger partial charge in [0.2, 0.25) is 0 Å². The number of carbonyl (C=O) groups excluding carboxylic acids is 1. The first kappa shape index (κ1) is 30.5. The molecule has 0 saturated carbocycles. The number of hydrogen-bond acceptors (Lipinski definition) is 5. The van der Waals surface area contributed by atoms with Gasteiger partial charge in [0.1, 0.15) is 6.61 Å². The van der Waals surface area contributed by atoms with Crippen molar-refractivity contribution < 1.29 is 9.53 Å². The van der Waals surface area contributed by atoms with Crippen molar-refractivity contribution in [3.63, 3.8) is 0 Å². The normalized spacial score (nSPS) is 14.6. The molecule has 0 aliphatic heterocycles. The molecule has 1 atom stereocenters. The van der Waals surface area contributed by atoms with Crippen molar-refractivity contribution in [2.45, 2.75) is 68.7 Å². The van der Waals surface area contributed by atoms with E-state index in [-0.39, 0.29) is 16.8 Å². The van der Waals surface area contributed by atoms with Gasteiger partial charge in [-0.15, -0.1) is 0 Å². The Kier molecular flexibility index (Phi) is 14.3. The zero-order chi connectivity index (χ0) is 23.5. The van der Waals surface area contributed by atoms with Gasteiger partial charge in [-0.1, -0.05) is 55.4 Å². The summed E-state index contributed by atoms with van der Waals surface area (Å²) in [5.41, 5.74) is -0.552. The summed E-state index contributed by atoms with van der Waals surface area (Å²) in [6, 6.07) is 0. The first-order chi connectivity index (χ1) is 13.1. The average molecular weight is 416 g/mol. The molecule has 0 bridgehead atoms. The third-order valence-electron chi connectivity index (χ3n) is 5.49. The number of likely N-dealkylation sites (N-methyl/N-ethyl adjacent to an activating group) is 3. The molecule has 0 aliphatic rings. The molecule has 0 aliphatic carbocycles. The number of esters is 1. The van der Waals surface area contributed by atoms with E-state index in [1.165, 1.54) is 0 Å². The molecule has 1 unspecified atom stereocenters. The molecule has 29 heavy (non-hydrogen) atoms. The van der Waals surface area contributed by atoms with Gasteiger partial charge in [0.05, 0.1) is 5.41 Å². The average Bonchev–Trinajstić information content (AvgIpc) is 2.57. The Bertz CT molecular complexity index is 438. The lowest BCUT2D eigenvalue weighted by atomic mass is 9.61. The highest BCUT2D eigenvalue weighted by Crippen LogP contribution is 2.47. The van der Waals surface area contributed by atoms with Gasteiger partial charge in [-0.3, -0.25) is 4.79 Å². The maximum absolute atomic E-state index is 12.9. The fourth-order valence-electron chi connectivity index (χ4n) is 3.09. The van der Waals surface area contributed by atoms with Gasteiger partial charge in [-0.25, -0.2) is 0 Å². The third-order valence-corrected chi connectivity index (χ3v) is 5.49. The lowest BCUT2D eigenvalue weighted by Gasteiger charge is -2.43. The molecule has 0 heterocycles. The SMILES string of the molecule is CC.CN(C)CCN(C)CCN(C)CCOC(=O)C(C)(CC(C)(C)C)C(C)(C)C. The van der Waals surface area contributed by atoms with Gasteiger partial charge in [0.15, 0.2) is 0 Å². The lowest BCUT2D eigenvalue weighted by Crippen LogP contribution is -2.45. The minimum Gasteiger partial charge on any atom is -0.464 e. The first-order valence-corrected chi connectivity index (χ1v) is 11.3. The summed E-state index contributed by atoms with van der Waals surface area (Å²) in [4.78, 5) is 19.7. The van der Waals surface area contributed by atoms with Gasteiger partial charge in [-0.2, -0.15) is 0 Å². The molecule has 0 amide bonds. The summed E-state index contributed by atoms with van der Waals surface area (Å²) in [5, 5.41) is 0. The van der Waals surface area contributed by atoms with Crippen LogP contribution in [-0.4, -0.2) is 88.2 Å². The summed E-state index contributed by atoms with van der Waals surface area (Å²) in [7, 11) is 8.43. The highest BCUT2D eigenvalue weighted by atomic mass is 16.5. The zero-order valence-corrected chi connectivity index (χ0v) is 22.1. The highest BCUT2D eigenvalue weighted by Gasteiger charge is 2.47. The van der Waals surface area contributed by atoms with Crippen LogP contribution in [0.25, 0.3) is 0 Å². The molecule has 0 saturated heterocycles. The van der Waals surface area contributed by atoms with E-state index in [2.05, 4.69) is 91.4 Å². The van der Waals surface area contributed by atoms with Crippen molar-refractivity contribution in [1.29, 1.82) is 0 Å². The van der Waals surface area contributed by atoms with Crippen molar-refractivity contribution >= 4 is 5.97 Å². The molecule has 0 rings (SSSR count). The van der Waals surface area contributed by atoms with E-state index < -0.39 is 5.41 Å². The number of rotatable bonds is 11. The van der Waals surface area contributed by atoms with E-state index in [9.17, 15) is 4.79 Å². The van der Waals surface area contributed by atoms with Crippen molar-refractivity contribution in [3.05, 3.63) is 0 Å². The van der Waals surface area contributed by atoms with Gasteiger partial charge >= 0.3 is 5.97 Å². The first-order valence-electron chi connectivity index (χ1n) is 11.3. The van der Waals surface area contributed by atoms with Crippen LogP contribution >= 0.6 is 0 Å². The van der Waals surface area contributed by atoms with Crippen LogP contribution in [0.2, 0.25) is 0 Å². The molecule has 0 radical (unpaired) electrons. The maximum atomic E-state index is 12.9. The summed E-state index contributed by atoms with van der Waals surface area (Å²) in [6.07, 6.45) is 0.814. The molecule has 5 heteroatoms. The second kappa shape index (κ2) is 13.6. The summed E-state index contributed by atoms with van der Waals surface area (Å²) < 4.78 is 5.74. The van der Waals surface area contributed by atoms with Gasteiger partial charge in [-0.05, 0) is 52.4 Å². The second-order valence-corrected chi connectivity index (χ2v) is 10.9. The predicted octanol–water partition coefficient (Wildman–Crippen LogP) is 4.47. The molecular formula is C24H53N3O2. The van der Waals surface area contributed by atoms with Crippen LogP contribution in [0.5, 0.6) is 0 Å². The van der Waals surface area contributed by atoms with Crippen LogP contribution in [0.15, 0.2) is 0 Å². The Hall–Kier alpha value is -0.650. The van der Waals surface area contributed by atoms with Crippen LogP contribution in [0.4, 0.5) is 0 Å². The zero-order valence-electron chi connectivity index (χ0n) is 22.1. The Morgan fingerprint density at radius 2 is 1.14 bits per heavy atom. The fourth-order valence-corrected chi connectivity index (χ4v) is 3.09. The molecule has 0 N–H and O–H groups in total. The Labute approximate surface area is 183 Å². The van der Waals surface area contributed by atoms with E-state index >= 15 is 0 Å². The summed E-state index contributed by atoms with van der Waals surface area (Å²) >= 11 is 0. The Morgan fingerprint density at radius 1 is 0.724 bits per heavy atom. The van der Waals surface area contributed by atoms with Crippen LogP contribution in [0.3, 0.4) is 0 Å². The molecule has 0 aromatic heterocycles. The fraction of sp³-hybridized carbons (Fsp3) is 0.958. The monoisotopic (exact) mass is 415 g/mol. The van der Waals surface area contributed by atoms with Crippen LogP contribution in [-0.2, 0) is 9.53 Å². The highest BCUT2D eigenvalue weighted by molar-refractivity contribution is 5.77. The molecular weight excluding hydrogens is 362 g/mol. The number of hydrogen-bond donors (Lipinski definition) is 0. The molecule has 0 fully saturated rings. The van der Waals surface area contributed by atoms with Crippen LogP contribution in [0, 0.1) is 16.2 Å². The van der Waals surface area contributed by atoms with Crippen LogP contribution < -0.4 is 0 Å². The van der Waals surface area contributed by atoms with Crippen molar-refractivity contribution in [2.24, 2.45) is 16.2 Å². The predicted molar refractivity (Wildman–Crippen MR) is 127 cm³/mol. The van der Waals surface area contributed by atoms with Gasteiger partial charge in [0.25, 0.3) is 0 Å². The van der Waals surface area contributed by atoms with Crippen molar-refractivity contribution in [1.82, 2.24) is 14.7 Å². The smallest absolute Gasteiger partial charge is 0.312 e. The Morgan fingerprint density at radius 3 is 1.52 bits per heavy atom. The number of carbonyl (C=O) groups is 1. The quantitative estimate of drug-likeness (QED) is 0.465. The minimum atomic E-state index is -0.490. The molecule has 0 spiro atoms. The molecule has 0 aromatic carbocycles. The van der Waals surface area contributed by atoms with Gasteiger partial charge < -0.3 is 19.4 Å². The maximum Gasteiger partial charge on any atom is 0.312 e. The standard InChI is InChI=1S/C22H47N3O2.C2H6/c1-20(2,3)18-22(7,21(4,5)6)19(26)27-17-16-25(11)15-14-24(10)13-12-23(8)9;1-2/h12-18H2,1-11H3;1-2H3. The summed E-state index contributed by atoms with van der Waals surface area (Å²) in [6.45, 7) is 24.4. The van der Waals surface area contributed by atoms with Crippen LogP contribution in [0.1, 0.15) is 68.7 Å². The van der Waals surface area contributed by atoms with E-state index in [0.717, 1.165) is 39.1 Å². The van der Waals surface area contributed by atoms with E-state index in [1.807, 2.05) is 13.8 Å². The topological polar surface area (TPSA) is 36.0 Å². The lowest BCUT2D eigenvalue weighted by molar-refractivity contribution is -0.165. The van der Waals surface area contributed by atoms with E-state index in [4.69, 9.17) is 4.74 Å². The van der Waals surface area contributed by atoms with Crippen molar-refractivity contribution in [2.75, 3.05) is 67.5 Å². The van der Waals surface area contributed by atoms with E-state index in [1.54, 1.807) is 0 Å². The number of nitrogens with zero attached hydrogens (tertiary/aromatic N) is 3. The minimum absolute atomic E-state index is 0.0681. The summed E-state index contributed by atoms with van der Waals surface area (Å²) in [5.74, 6) is -0.0681. The Balaban J connectivity index is 0. The van der Waals surface area contributed by atoms with Crippen molar-refractivity contribution in [3.8, 4) is 0 Å².